The first kappa shape index (κ1) is 23.7. The van der Waals surface area contributed by atoms with Gasteiger partial charge in [0.25, 0.3) is 11.8 Å². The standard InChI is InChI=1S/C24H23ClN4O4S/c1-14-4-2-7-18(25)21(14)28-22(32)19-12-26-24(34-19)27-17-6-3-5-16(11-17)23(33)29-9-8-15(13-29)10-20(30)31/h2-7,11-12,15H,8-10,13H2,1H3,(H,26,27)(H,28,32)(H,30,31). The van der Waals surface area contributed by atoms with E-state index in [9.17, 15) is 14.4 Å². The number of aliphatic carboxylic acids is 1. The molecule has 2 amide bonds. The molecule has 176 valence electrons. The van der Waals surface area contributed by atoms with Crippen LogP contribution in [-0.4, -0.2) is 45.9 Å². The van der Waals surface area contributed by atoms with E-state index in [1.54, 1.807) is 29.2 Å². The van der Waals surface area contributed by atoms with Gasteiger partial charge in [0, 0.05) is 30.8 Å². The van der Waals surface area contributed by atoms with Crippen molar-refractivity contribution < 1.29 is 19.5 Å². The molecule has 1 aliphatic rings. The van der Waals surface area contributed by atoms with Crippen LogP contribution in [0.4, 0.5) is 16.5 Å². The molecule has 3 aromatic rings. The summed E-state index contributed by atoms with van der Waals surface area (Å²) in [6.45, 7) is 2.85. The van der Waals surface area contributed by atoms with Gasteiger partial charge in [-0.1, -0.05) is 41.1 Å². The largest absolute Gasteiger partial charge is 0.481 e. The lowest BCUT2D eigenvalue weighted by Gasteiger charge is -2.17. The Bertz CT molecular complexity index is 1220. The molecule has 0 spiro atoms. The van der Waals surface area contributed by atoms with Crippen LogP contribution in [0.15, 0.2) is 48.7 Å². The monoisotopic (exact) mass is 498 g/mol. The molecule has 2 aromatic carbocycles. The molecule has 0 saturated carbocycles. The van der Waals surface area contributed by atoms with Crippen LogP contribution < -0.4 is 10.6 Å². The molecule has 10 heteroatoms. The second-order valence-corrected chi connectivity index (χ2v) is 9.56. The van der Waals surface area contributed by atoms with Crippen LogP contribution in [-0.2, 0) is 4.79 Å². The molecule has 1 atom stereocenters. The number of thiazole rings is 1. The van der Waals surface area contributed by atoms with Gasteiger partial charge in [-0.25, -0.2) is 4.98 Å². The van der Waals surface area contributed by atoms with E-state index in [4.69, 9.17) is 16.7 Å². The van der Waals surface area contributed by atoms with Gasteiger partial charge in [0.15, 0.2) is 5.13 Å². The van der Waals surface area contributed by atoms with Crippen molar-refractivity contribution in [2.24, 2.45) is 5.92 Å². The fourth-order valence-corrected chi connectivity index (χ4v) is 4.87. The number of carbonyl (C=O) groups excluding carboxylic acids is 2. The molecule has 0 bridgehead atoms. The summed E-state index contributed by atoms with van der Waals surface area (Å²) in [6.07, 6.45) is 2.24. The fourth-order valence-electron chi connectivity index (χ4n) is 3.87. The second kappa shape index (κ2) is 10.2. The van der Waals surface area contributed by atoms with E-state index >= 15 is 0 Å². The number of aryl methyl sites for hydroxylation is 1. The number of benzene rings is 2. The number of carboxylic acid groups (broad SMARTS) is 1. The molecule has 0 radical (unpaired) electrons. The lowest BCUT2D eigenvalue weighted by molar-refractivity contribution is -0.138. The molecule has 8 nitrogen and oxygen atoms in total. The van der Waals surface area contributed by atoms with E-state index < -0.39 is 5.97 Å². The van der Waals surface area contributed by atoms with Gasteiger partial charge in [-0.2, -0.15) is 0 Å². The van der Waals surface area contributed by atoms with Crippen molar-refractivity contribution in [1.82, 2.24) is 9.88 Å². The molecular formula is C24H23ClN4O4S. The van der Waals surface area contributed by atoms with Crippen molar-refractivity contribution in [3.63, 3.8) is 0 Å². The number of hydrogen-bond donors (Lipinski definition) is 3. The maximum atomic E-state index is 12.9. The Kier molecular flexibility index (Phi) is 7.14. The first-order valence-electron chi connectivity index (χ1n) is 10.7. The van der Waals surface area contributed by atoms with E-state index in [-0.39, 0.29) is 24.2 Å². The van der Waals surface area contributed by atoms with Crippen LogP contribution in [0.5, 0.6) is 0 Å². The molecule has 1 saturated heterocycles. The zero-order chi connectivity index (χ0) is 24.2. The summed E-state index contributed by atoms with van der Waals surface area (Å²) < 4.78 is 0. The third kappa shape index (κ3) is 5.55. The van der Waals surface area contributed by atoms with Crippen molar-refractivity contribution in [1.29, 1.82) is 0 Å². The summed E-state index contributed by atoms with van der Waals surface area (Å²) in [6, 6.07) is 12.4. The maximum Gasteiger partial charge on any atom is 0.303 e. The summed E-state index contributed by atoms with van der Waals surface area (Å²) in [7, 11) is 0. The number of rotatable bonds is 7. The SMILES string of the molecule is Cc1cccc(Cl)c1NC(=O)c1cnc(Nc2cccc(C(=O)N3CCC(CC(=O)O)C3)c2)s1. The van der Waals surface area contributed by atoms with Gasteiger partial charge in [0.1, 0.15) is 4.88 Å². The number of carboxylic acids is 1. The van der Waals surface area contributed by atoms with Gasteiger partial charge in [-0.05, 0) is 49.1 Å². The lowest BCUT2D eigenvalue weighted by atomic mass is 10.1. The number of halogens is 1. The Morgan fingerprint density at radius 3 is 2.79 bits per heavy atom. The number of likely N-dealkylation sites (tertiary alicyclic amines) is 1. The molecule has 2 heterocycles. The highest BCUT2D eigenvalue weighted by Crippen LogP contribution is 2.28. The Labute approximate surface area is 205 Å². The number of amides is 2. The van der Waals surface area contributed by atoms with Gasteiger partial charge < -0.3 is 20.6 Å². The van der Waals surface area contributed by atoms with E-state index in [2.05, 4.69) is 15.6 Å². The predicted molar refractivity (Wildman–Crippen MR) is 132 cm³/mol. The van der Waals surface area contributed by atoms with Gasteiger partial charge in [-0.15, -0.1) is 0 Å². The molecular weight excluding hydrogens is 476 g/mol. The van der Waals surface area contributed by atoms with E-state index in [0.717, 1.165) is 5.56 Å². The molecule has 1 aromatic heterocycles. The third-order valence-electron chi connectivity index (χ3n) is 5.59. The lowest BCUT2D eigenvalue weighted by Crippen LogP contribution is -2.29. The van der Waals surface area contributed by atoms with Gasteiger partial charge in [0.2, 0.25) is 0 Å². The average molecular weight is 499 g/mol. The molecule has 1 unspecified atom stereocenters. The number of carbonyl (C=O) groups is 3. The van der Waals surface area contributed by atoms with Crippen LogP contribution in [0, 0.1) is 12.8 Å². The number of hydrogen-bond acceptors (Lipinski definition) is 6. The molecule has 34 heavy (non-hydrogen) atoms. The minimum atomic E-state index is -0.844. The molecule has 1 aliphatic heterocycles. The Balaban J connectivity index is 1.41. The average Bonchev–Trinajstić information content (AvgIpc) is 3.45. The highest BCUT2D eigenvalue weighted by molar-refractivity contribution is 7.17. The highest BCUT2D eigenvalue weighted by Gasteiger charge is 2.28. The highest BCUT2D eigenvalue weighted by atomic mass is 35.5. The third-order valence-corrected chi connectivity index (χ3v) is 6.81. The quantitative estimate of drug-likeness (QED) is 0.421. The van der Waals surface area contributed by atoms with E-state index in [0.29, 0.717) is 51.5 Å². The minimum absolute atomic E-state index is 0.0165. The minimum Gasteiger partial charge on any atom is -0.481 e. The van der Waals surface area contributed by atoms with E-state index in [1.165, 1.54) is 17.5 Å². The Morgan fingerprint density at radius 2 is 2.03 bits per heavy atom. The summed E-state index contributed by atoms with van der Waals surface area (Å²) in [5.41, 5.74) is 2.59. The first-order chi connectivity index (χ1) is 16.3. The summed E-state index contributed by atoms with van der Waals surface area (Å²) >= 11 is 7.38. The summed E-state index contributed by atoms with van der Waals surface area (Å²) in [4.78, 5) is 42.8. The fraction of sp³-hybridized carbons (Fsp3) is 0.250. The number of nitrogens with zero attached hydrogens (tertiary/aromatic N) is 2. The number of para-hydroxylation sites is 1. The van der Waals surface area contributed by atoms with Crippen LogP contribution in [0.25, 0.3) is 0 Å². The molecule has 1 fully saturated rings. The van der Waals surface area contributed by atoms with Gasteiger partial charge in [-0.3, -0.25) is 14.4 Å². The molecule has 3 N–H and O–H groups in total. The summed E-state index contributed by atoms with van der Waals surface area (Å²) in [5.74, 6) is -1.30. The maximum absolute atomic E-state index is 12.9. The Morgan fingerprint density at radius 1 is 1.24 bits per heavy atom. The normalized spacial score (nSPS) is 15.2. The van der Waals surface area contributed by atoms with Crippen LogP contribution in [0.1, 0.15) is 38.4 Å². The second-order valence-electron chi connectivity index (χ2n) is 8.13. The van der Waals surface area contributed by atoms with Crippen molar-refractivity contribution in [3.8, 4) is 0 Å². The van der Waals surface area contributed by atoms with Crippen molar-refractivity contribution >= 4 is 57.2 Å². The zero-order valence-electron chi connectivity index (χ0n) is 18.4. The summed E-state index contributed by atoms with van der Waals surface area (Å²) in [5, 5.41) is 15.9. The van der Waals surface area contributed by atoms with E-state index in [1.807, 2.05) is 25.1 Å². The molecule has 0 aliphatic carbocycles. The number of aromatic nitrogens is 1. The predicted octanol–water partition coefficient (Wildman–Crippen LogP) is 5.04. The van der Waals surface area contributed by atoms with Crippen molar-refractivity contribution in [2.45, 2.75) is 19.8 Å². The molecule has 4 rings (SSSR count). The van der Waals surface area contributed by atoms with Crippen molar-refractivity contribution in [2.75, 3.05) is 23.7 Å². The van der Waals surface area contributed by atoms with Crippen LogP contribution in [0.2, 0.25) is 5.02 Å². The van der Waals surface area contributed by atoms with Gasteiger partial charge >= 0.3 is 5.97 Å². The van der Waals surface area contributed by atoms with Crippen molar-refractivity contribution in [3.05, 3.63) is 69.7 Å². The Hall–Kier alpha value is -3.43. The van der Waals surface area contributed by atoms with Gasteiger partial charge in [0.05, 0.1) is 16.9 Å². The number of nitrogens with one attached hydrogen (secondary N) is 2. The van der Waals surface area contributed by atoms with Crippen LogP contribution >= 0.6 is 22.9 Å². The number of anilines is 3. The topological polar surface area (TPSA) is 112 Å². The van der Waals surface area contributed by atoms with Crippen LogP contribution in [0.3, 0.4) is 0 Å². The smallest absolute Gasteiger partial charge is 0.303 e. The zero-order valence-corrected chi connectivity index (χ0v) is 19.9. The first-order valence-corrected chi connectivity index (χ1v) is 11.9.